The molecule has 0 spiro atoms. The van der Waals surface area contributed by atoms with Crippen molar-refractivity contribution in [3.8, 4) is 0 Å². The molecule has 14 heavy (non-hydrogen) atoms. The van der Waals surface area contributed by atoms with Crippen LogP contribution < -0.4 is 5.73 Å². The molecule has 2 N–H and O–H groups in total. The van der Waals surface area contributed by atoms with E-state index >= 15 is 0 Å². The lowest BCUT2D eigenvalue weighted by Gasteiger charge is -2.28. The summed E-state index contributed by atoms with van der Waals surface area (Å²) in [6, 6.07) is 0. The highest BCUT2D eigenvalue weighted by atomic mass is 32.2. The van der Waals surface area contributed by atoms with Gasteiger partial charge < -0.3 is 10.6 Å². The molecule has 1 saturated heterocycles. The van der Waals surface area contributed by atoms with Gasteiger partial charge in [0.25, 0.3) is 0 Å². The van der Waals surface area contributed by atoms with Crippen LogP contribution in [0.25, 0.3) is 0 Å². The van der Waals surface area contributed by atoms with E-state index in [0.29, 0.717) is 37.1 Å². The highest BCUT2D eigenvalue weighted by molar-refractivity contribution is 7.91. The van der Waals surface area contributed by atoms with Crippen LogP contribution in [0.4, 0.5) is 0 Å². The van der Waals surface area contributed by atoms with E-state index in [1.54, 1.807) is 0 Å². The number of hydrogen-bond donors (Lipinski definition) is 1. The van der Waals surface area contributed by atoms with Crippen LogP contribution in [-0.4, -0.2) is 51.0 Å². The van der Waals surface area contributed by atoms with Gasteiger partial charge >= 0.3 is 0 Å². The van der Waals surface area contributed by atoms with E-state index in [4.69, 9.17) is 5.73 Å². The van der Waals surface area contributed by atoms with Crippen molar-refractivity contribution in [2.75, 3.05) is 37.7 Å². The Morgan fingerprint density at radius 3 is 2.43 bits per heavy atom. The Balaban J connectivity index is 2.29. The lowest BCUT2D eigenvalue weighted by molar-refractivity contribution is 0.250. The third kappa shape index (κ3) is 3.94. The second-order valence-corrected chi connectivity index (χ2v) is 6.44. The summed E-state index contributed by atoms with van der Waals surface area (Å²) in [5.74, 6) is 1.21. The molecule has 0 aromatic heterocycles. The lowest BCUT2D eigenvalue weighted by atomic mass is 10.1. The maximum atomic E-state index is 11.2. The summed E-state index contributed by atoms with van der Waals surface area (Å²) in [5, 5.41) is 0. The minimum atomic E-state index is -2.73. The van der Waals surface area contributed by atoms with E-state index in [1.807, 2.05) is 0 Å². The van der Waals surface area contributed by atoms with Crippen LogP contribution in [0.3, 0.4) is 0 Å². The first-order valence-electron chi connectivity index (χ1n) is 5.16. The summed E-state index contributed by atoms with van der Waals surface area (Å²) in [6.07, 6.45) is 1.02. The minimum Gasteiger partial charge on any atom is -0.330 e. The standard InChI is InChI=1S/C9H20N2O2S/c1-9(2-3-10)8-11-4-6-14(12,13)7-5-11/h9H,2-8,10H2,1H3. The molecule has 1 fully saturated rings. The predicted molar refractivity (Wildman–Crippen MR) is 57.9 cm³/mol. The maximum Gasteiger partial charge on any atom is 0.152 e. The van der Waals surface area contributed by atoms with Crippen molar-refractivity contribution in [1.29, 1.82) is 0 Å². The minimum absolute atomic E-state index is 0.322. The van der Waals surface area contributed by atoms with Crippen LogP contribution in [0.1, 0.15) is 13.3 Å². The van der Waals surface area contributed by atoms with Gasteiger partial charge in [-0.2, -0.15) is 0 Å². The Morgan fingerprint density at radius 2 is 1.93 bits per heavy atom. The number of sulfone groups is 1. The van der Waals surface area contributed by atoms with Gasteiger partial charge in [0.05, 0.1) is 11.5 Å². The Morgan fingerprint density at radius 1 is 1.36 bits per heavy atom. The van der Waals surface area contributed by atoms with E-state index in [1.165, 1.54) is 0 Å². The van der Waals surface area contributed by atoms with E-state index in [0.717, 1.165) is 13.0 Å². The molecular formula is C9H20N2O2S. The molecule has 1 rings (SSSR count). The first-order chi connectivity index (χ1) is 6.53. The first kappa shape index (κ1) is 11.9. The molecule has 4 nitrogen and oxygen atoms in total. The molecule has 0 saturated carbocycles. The molecule has 0 aromatic rings. The van der Waals surface area contributed by atoms with Crippen LogP contribution in [0.15, 0.2) is 0 Å². The zero-order valence-corrected chi connectivity index (χ0v) is 9.59. The van der Waals surface area contributed by atoms with Crippen molar-refractivity contribution >= 4 is 9.84 Å². The Kier molecular flexibility index (Phi) is 4.34. The molecule has 1 atom stereocenters. The third-order valence-corrected chi connectivity index (χ3v) is 4.28. The fraction of sp³-hybridized carbons (Fsp3) is 1.00. The summed E-state index contributed by atoms with van der Waals surface area (Å²) in [7, 11) is -2.73. The van der Waals surface area contributed by atoms with Gasteiger partial charge in [0.15, 0.2) is 9.84 Å². The molecule has 0 radical (unpaired) electrons. The normalized spacial score (nSPS) is 24.7. The lowest BCUT2D eigenvalue weighted by Crippen LogP contribution is -2.42. The number of hydrogen-bond acceptors (Lipinski definition) is 4. The number of rotatable bonds is 4. The average molecular weight is 220 g/mol. The van der Waals surface area contributed by atoms with E-state index in [2.05, 4.69) is 11.8 Å². The van der Waals surface area contributed by atoms with Crippen LogP contribution >= 0.6 is 0 Å². The van der Waals surface area contributed by atoms with Crippen molar-refractivity contribution in [3.63, 3.8) is 0 Å². The summed E-state index contributed by atoms with van der Waals surface area (Å²) < 4.78 is 22.3. The highest BCUT2D eigenvalue weighted by Crippen LogP contribution is 2.08. The molecule has 84 valence electrons. The predicted octanol–water partition coefficient (Wildman–Crippen LogP) is -0.298. The van der Waals surface area contributed by atoms with Gasteiger partial charge in [-0.15, -0.1) is 0 Å². The van der Waals surface area contributed by atoms with E-state index in [-0.39, 0.29) is 0 Å². The molecule has 0 aliphatic carbocycles. The smallest absolute Gasteiger partial charge is 0.152 e. The van der Waals surface area contributed by atoms with Crippen LogP contribution in [0.5, 0.6) is 0 Å². The average Bonchev–Trinajstić information content (AvgIpc) is 2.09. The second kappa shape index (κ2) is 5.09. The molecule has 1 aliphatic rings. The molecule has 1 unspecified atom stereocenters. The molecule has 1 heterocycles. The van der Waals surface area contributed by atoms with Crippen LogP contribution in [-0.2, 0) is 9.84 Å². The molecule has 5 heteroatoms. The molecule has 1 aliphatic heterocycles. The highest BCUT2D eigenvalue weighted by Gasteiger charge is 2.22. The fourth-order valence-electron chi connectivity index (χ4n) is 1.75. The topological polar surface area (TPSA) is 63.4 Å². The van der Waals surface area contributed by atoms with Crippen molar-refractivity contribution in [2.45, 2.75) is 13.3 Å². The third-order valence-electron chi connectivity index (χ3n) is 2.67. The molecule has 0 bridgehead atoms. The van der Waals surface area contributed by atoms with Gasteiger partial charge in [-0.1, -0.05) is 6.92 Å². The van der Waals surface area contributed by atoms with Gasteiger partial charge in [0, 0.05) is 19.6 Å². The van der Waals surface area contributed by atoms with Gasteiger partial charge in [-0.25, -0.2) is 8.42 Å². The second-order valence-electron chi connectivity index (χ2n) is 4.13. The molecule has 0 aromatic carbocycles. The van der Waals surface area contributed by atoms with Crippen LogP contribution in [0, 0.1) is 5.92 Å². The van der Waals surface area contributed by atoms with Crippen molar-refractivity contribution in [3.05, 3.63) is 0 Å². The summed E-state index contributed by atoms with van der Waals surface area (Å²) >= 11 is 0. The monoisotopic (exact) mass is 220 g/mol. The Labute approximate surface area is 86.4 Å². The summed E-state index contributed by atoms with van der Waals surface area (Å²) in [5.41, 5.74) is 5.46. The van der Waals surface area contributed by atoms with E-state index < -0.39 is 9.84 Å². The number of nitrogens with two attached hydrogens (primary N) is 1. The first-order valence-corrected chi connectivity index (χ1v) is 6.98. The zero-order valence-electron chi connectivity index (χ0n) is 8.78. The van der Waals surface area contributed by atoms with Gasteiger partial charge in [-0.3, -0.25) is 0 Å². The largest absolute Gasteiger partial charge is 0.330 e. The van der Waals surface area contributed by atoms with Crippen molar-refractivity contribution in [1.82, 2.24) is 4.90 Å². The quantitative estimate of drug-likeness (QED) is 0.706. The van der Waals surface area contributed by atoms with E-state index in [9.17, 15) is 8.42 Å². The van der Waals surface area contributed by atoms with Crippen LogP contribution in [0.2, 0.25) is 0 Å². The Bertz CT molecular complexity index is 250. The van der Waals surface area contributed by atoms with Crippen molar-refractivity contribution in [2.24, 2.45) is 11.7 Å². The summed E-state index contributed by atoms with van der Waals surface area (Å²) in [4.78, 5) is 2.22. The van der Waals surface area contributed by atoms with Gasteiger partial charge in [-0.05, 0) is 18.9 Å². The summed E-state index contributed by atoms with van der Waals surface area (Å²) in [6.45, 7) is 5.24. The van der Waals surface area contributed by atoms with Crippen molar-refractivity contribution < 1.29 is 8.42 Å². The fourth-order valence-corrected chi connectivity index (χ4v) is 3.03. The SMILES string of the molecule is CC(CCN)CN1CCS(=O)(=O)CC1. The van der Waals surface area contributed by atoms with Gasteiger partial charge in [0.1, 0.15) is 0 Å². The zero-order chi connectivity index (χ0) is 10.6. The molecule has 0 amide bonds. The molecular weight excluding hydrogens is 200 g/mol. The number of nitrogens with zero attached hydrogens (tertiary/aromatic N) is 1. The Hall–Kier alpha value is -0.130. The van der Waals surface area contributed by atoms with Gasteiger partial charge in [0.2, 0.25) is 0 Å². The maximum absolute atomic E-state index is 11.2.